The van der Waals surface area contributed by atoms with E-state index in [-0.39, 0.29) is 50.8 Å². The van der Waals surface area contributed by atoms with Gasteiger partial charge in [0, 0.05) is 16.7 Å². The summed E-state index contributed by atoms with van der Waals surface area (Å²) in [4.78, 5) is 52.3. The highest BCUT2D eigenvalue weighted by atomic mass is 35.5. The summed E-state index contributed by atoms with van der Waals surface area (Å²) >= 11 is 18.3. The minimum absolute atomic E-state index is 0.0953. The number of carbonyl (C=O) groups is 3. The summed E-state index contributed by atoms with van der Waals surface area (Å²) in [6.07, 6.45) is 4.88. The van der Waals surface area contributed by atoms with Crippen molar-refractivity contribution >= 4 is 64.0 Å². The van der Waals surface area contributed by atoms with Crippen molar-refractivity contribution in [1.82, 2.24) is 9.78 Å². The van der Waals surface area contributed by atoms with Crippen LogP contribution in [0.5, 0.6) is 0 Å². The third kappa shape index (κ3) is 4.18. The van der Waals surface area contributed by atoms with Crippen molar-refractivity contribution in [3.8, 4) is 5.69 Å². The van der Waals surface area contributed by atoms with Crippen molar-refractivity contribution in [2.75, 3.05) is 10.2 Å². The number of hydrogen-bond donors (Lipinski definition) is 2. The smallest absolute Gasteiger partial charge is 0.273 e. The Balaban J connectivity index is 1.39. The molecule has 3 amide bonds. The molecule has 5 rings (SSSR count). The number of aromatic amines is 1. The van der Waals surface area contributed by atoms with E-state index < -0.39 is 11.5 Å². The molecule has 3 aromatic rings. The van der Waals surface area contributed by atoms with E-state index in [0.717, 1.165) is 9.58 Å². The van der Waals surface area contributed by atoms with Crippen LogP contribution in [0.4, 0.5) is 11.5 Å². The Labute approximate surface area is 214 Å². The van der Waals surface area contributed by atoms with Crippen LogP contribution in [-0.4, -0.2) is 27.5 Å². The average molecular weight is 532 g/mol. The van der Waals surface area contributed by atoms with Crippen molar-refractivity contribution in [3.05, 3.63) is 85.6 Å². The van der Waals surface area contributed by atoms with Gasteiger partial charge in [0.2, 0.25) is 11.8 Å². The van der Waals surface area contributed by atoms with Crippen LogP contribution in [0.2, 0.25) is 15.1 Å². The number of nitrogens with one attached hydrogen (secondary N) is 2. The minimum atomic E-state index is -0.549. The first-order valence-electron chi connectivity index (χ1n) is 10.7. The molecule has 0 saturated carbocycles. The van der Waals surface area contributed by atoms with E-state index in [2.05, 4.69) is 10.4 Å². The Morgan fingerprint density at radius 2 is 1.54 bits per heavy atom. The predicted octanol–water partition coefficient (Wildman–Crippen LogP) is 4.83. The van der Waals surface area contributed by atoms with Gasteiger partial charge in [0.05, 0.1) is 27.6 Å². The van der Waals surface area contributed by atoms with Gasteiger partial charge in [-0.25, -0.2) is 4.68 Å². The van der Waals surface area contributed by atoms with Gasteiger partial charge in [-0.15, -0.1) is 0 Å². The van der Waals surface area contributed by atoms with Gasteiger partial charge in [0.15, 0.2) is 0 Å². The Bertz CT molecular complexity index is 1430. The molecule has 2 aromatic carbocycles. The van der Waals surface area contributed by atoms with E-state index >= 15 is 0 Å². The zero-order valence-electron chi connectivity index (χ0n) is 17.9. The summed E-state index contributed by atoms with van der Waals surface area (Å²) in [7, 11) is 0. The highest BCUT2D eigenvalue weighted by Crippen LogP contribution is 2.38. The summed E-state index contributed by atoms with van der Waals surface area (Å²) < 4.78 is 1.09. The number of fused-ring (bicyclic) bond motifs is 1. The number of carbonyl (C=O) groups excluding carboxylic acids is 3. The van der Waals surface area contributed by atoms with Crippen molar-refractivity contribution in [1.29, 1.82) is 0 Å². The van der Waals surface area contributed by atoms with E-state index in [4.69, 9.17) is 34.8 Å². The molecule has 8 nitrogen and oxygen atoms in total. The molecule has 1 aliphatic carbocycles. The van der Waals surface area contributed by atoms with Crippen molar-refractivity contribution in [3.63, 3.8) is 0 Å². The number of anilines is 2. The van der Waals surface area contributed by atoms with Gasteiger partial charge in [0.1, 0.15) is 11.5 Å². The number of allylic oxidation sites excluding steroid dienone is 2. The number of aromatic nitrogens is 2. The molecule has 2 atom stereocenters. The second-order valence-electron chi connectivity index (χ2n) is 8.23. The van der Waals surface area contributed by atoms with Gasteiger partial charge in [-0.05, 0) is 43.2 Å². The average Bonchev–Trinajstić information content (AvgIpc) is 3.29. The van der Waals surface area contributed by atoms with Gasteiger partial charge in [-0.1, -0.05) is 53.0 Å². The van der Waals surface area contributed by atoms with Crippen molar-refractivity contribution < 1.29 is 14.4 Å². The van der Waals surface area contributed by atoms with E-state index in [1.165, 1.54) is 24.3 Å². The second kappa shape index (κ2) is 9.03. The van der Waals surface area contributed by atoms with Gasteiger partial charge in [-0.3, -0.25) is 29.2 Å². The molecule has 1 fully saturated rings. The second-order valence-corrected chi connectivity index (χ2v) is 9.48. The quantitative estimate of drug-likeness (QED) is 0.371. The first-order chi connectivity index (χ1) is 16.7. The number of hydrogen-bond acceptors (Lipinski definition) is 4. The zero-order valence-corrected chi connectivity index (χ0v) is 20.2. The molecule has 35 heavy (non-hydrogen) atoms. The first kappa shape index (κ1) is 23.4. The monoisotopic (exact) mass is 530 g/mol. The maximum absolute atomic E-state index is 12.9. The largest absolute Gasteiger partial charge is 0.307 e. The summed E-state index contributed by atoms with van der Waals surface area (Å²) in [5, 5.41) is 5.96. The SMILES string of the molecule is O=C(Nc1cc(=O)n(-c2c(Cl)cc(Cl)cc2Cl)[nH]1)c1cccc(N2C(=O)[C@H]3CC=CC[C@@H]3C2=O)c1. The fourth-order valence-electron chi connectivity index (χ4n) is 4.41. The summed E-state index contributed by atoms with van der Waals surface area (Å²) in [5.74, 6) is -1.73. The van der Waals surface area contributed by atoms with Crippen LogP contribution in [0.3, 0.4) is 0 Å². The Hall–Kier alpha value is -3.33. The normalized spacial score (nSPS) is 19.2. The summed E-state index contributed by atoms with van der Waals surface area (Å²) in [6, 6.07) is 10.3. The lowest BCUT2D eigenvalue weighted by Crippen LogP contribution is -2.31. The number of amides is 3. The molecule has 0 bridgehead atoms. The van der Waals surface area contributed by atoms with Gasteiger partial charge >= 0.3 is 0 Å². The minimum Gasteiger partial charge on any atom is -0.307 e. The summed E-state index contributed by atoms with van der Waals surface area (Å²) in [5.41, 5.74) is 0.206. The number of rotatable bonds is 4. The molecular weight excluding hydrogens is 515 g/mol. The molecule has 1 aliphatic heterocycles. The lowest BCUT2D eigenvalue weighted by Gasteiger charge is -2.15. The van der Waals surface area contributed by atoms with Crippen LogP contribution in [0.15, 0.2) is 59.4 Å². The van der Waals surface area contributed by atoms with Gasteiger partial charge in [0.25, 0.3) is 11.5 Å². The van der Waals surface area contributed by atoms with Crippen LogP contribution >= 0.6 is 34.8 Å². The third-order valence-corrected chi connectivity index (χ3v) is 6.84. The predicted molar refractivity (Wildman–Crippen MR) is 134 cm³/mol. The maximum Gasteiger partial charge on any atom is 0.273 e. The summed E-state index contributed by atoms with van der Waals surface area (Å²) in [6.45, 7) is 0. The number of benzene rings is 2. The van der Waals surface area contributed by atoms with Crippen LogP contribution in [0.25, 0.3) is 5.69 Å². The molecule has 0 spiro atoms. The van der Waals surface area contributed by atoms with E-state index in [0.29, 0.717) is 23.6 Å². The fourth-order valence-corrected chi connectivity index (χ4v) is 5.40. The fraction of sp³-hybridized carbons (Fsp3) is 0.167. The van der Waals surface area contributed by atoms with Crippen molar-refractivity contribution in [2.45, 2.75) is 12.8 Å². The molecule has 2 aliphatic rings. The molecule has 1 aromatic heterocycles. The third-order valence-electron chi connectivity index (χ3n) is 6.05. The first-order valence-corrected chi connectivity index (χ1v) is 11.8. The van der Waals surface area contributed by atoms with Crippen LogP contribution < -0.4 is 15.8 Å². The maximum atomic E-state index is 12.9. The van der Waals surface area contributed by atoms with Crippen molar-refractivity contribution in [2.24, 2.45) is 11.8 Å². The number of halogens is 3. The van der Waals surface area contributed by atoms with E-state index in [9.17, 15) is 19.2 Å². The number of H-pyrrole nitrogens is 1. The Morgan fingerprint density at radius 1 is 0.914 bits per heavy atom. The molecule has 2 heterocycles. The molecule has 1 saturated heterocycles. The van der Waals surface area contributed by atoms with Crippen LogP contribution in [-0.2, 0) is 9.59 Å². The van der Waals surface area contributed by atoms with E-state index in [1.54, 1.807) is 18.2 Å². The number of imide groups is 1. The van der Waals surface area contributed by atoms with Gasteiger partial charge < -0.3 is 5.32 Å². The molecule has 0 radical (unpaired) electrons. The topological polar surface area (TPSA) is 104 Å². The lowest BCUT2D eigenvalue weighted by molar-refractivity contribution is -0.122. The van der Waals surface area contributed by atoms with Gasteiger partial charge in [-0.2, -0.15) is 0 Å². The molecular formula is C24H17Cl3N4O4. The van der Waals surface area contributed by atoms with Crippen LogP contribution in [0, 0.1) is 11.8 Å². The highest BCUT2D eigenvalue weighted by molar-refractivity contribution is 6.40. The molecule has 11 heteroatoms. The molecule has 178 valence electrons. The number of nitrogens with zero attached hydrogens (tertiary/aromatic N) is 2. The standard InChI is InChI=1S/C24H17Cl3N4O4/c25-13-9-17(26)21(18(27)10-13)31-20(32)11-19(29-31)28-22(33)12-4-3-5-14(8-12)30-23(34)15-6-1-2-7-16(15)24(30)35/h1-5,8-11,15-16,29H,6-7H2,(H,28,33)/t15-,16-/m0/s1. The molecule has 0 unspecified atom stereocenters. The Morgan fingerprint density at radius 3 is 2.17 bits per heavy atom. The van der Waals surface area contributed by atoms with E-state index in [1.807, 2.05) is 12.2 Å². The lowest BCUT2D eigenvalue weighted by atomic mass is 9.85. The Kier molecular flexibility index (Phi) is 6.04. The zero-order chi connectivity index (χ0) is 24.9. The van der Waals surface area contributed by atoms with Crippen LogP contribution in [0.1, 0.15) is 23.2 Å². The highest BCUT2D eigenvalue weighted by Gasteiger charge is 2.47. The molecule has 2 N–H and O–H groups in total.